The van der Waals surface area contributed by atoms with Crippen molar-refractivity contribution in [1.82, 2.24) is 5.32 Å². The summed E-state index contributed by atoms with van der Waals surface area (Å²) in [4.78, 5) is 38.6. The number of hydrogen-bond acceptors (Lipinski definition) is 5. The van der Waals surface area contributed by atoms with E-state index in [1.165, 1.54) is 23.2 Å². The number of thiophene rings is 1. The first kappa shape index (κ1) is 19.7. The van der Waals surface area contributed by atoms with E-state index in [1.807, 2.05) is 17.5 Å². The van der Waals surface area contributed by atoms with Gasteiger partial charge in [-0.3, -0.25) is 9.59 Å². The number of esters is 1. The smallest absolute Gasteiger partial charge is 0.340 e. The summed E-state index contributed by atoms with van der Waals surface area (Å²) < 4.78 is 5.05. The van der Waals surface area contributed by atoms with Crippen LogP contribution in [0.15, 0.2) is 41.8 Å². The van der Waals surface area contributed by atoms with Crippen molar-refractivity contribution in [3.05, 3.63) is 52.2 Å². The summed E-state index contributed by atoms with van der Waals surface area (Å²) in [5.74, 6) is -0.792. The zero-order valence-electron chi connectivity index (χ0n) is 14.9. The van der Waals surface area contributed by atoms with Crippen LogP contribution in [0.25, 0.3) is 0 Å². The Hall–Kier alpha value is -2.67. The molecule has 0 radical (unpaired) electrons. The minimum Gasteiger partial charge on any atom is -0.462 e. The predicted octanol–water partition coefficient (Wildman–Crippen LogP) is 2.64. The lowest BCUT2D eigenvalue weighted by molar-refractivity contribution is -0.120. The van der Waals surface area contributed by atoms with Crippen LogP contribution in [0.1, 0.15) is 29.1 Å². The molecule has 2 rings (SSSR count). The minimum absolute atomic E-state index is 0.102. The molecule has 26 heavy (non-hydrogen) atoms. The molecule has 2 aromatic rings. The highest BCUT2D eigenvalue weighted by atomic mass is 32.1. The van der Waals surface area contributed by atoms with Crippen molar-refractivity contribution < 1.29 is 19.1 Å². The Morgan fingerprint density at radius 3 is 2.58 bits per heavy atom. The molecule has 1 aromatic heterocycles. The second kappa shape index (κ2) is 9.72. The summed E-state index contributed by atoms with van der Waals surface area (Å²) in [6, 6.07) is 10.6. The molecule has 1 aromatic carbocycles. The molecule has 1 N–H and O–H groups in total. The summed E-state index contributed by atoms with van der Waals surface area (Å²) >= 11 is 1.53. The van der Waals surface area contributed by atoms with Crippen molar-refractivity contribution in [1.29, 1.82) is 0 Å². The van der Waals surface area contributed by atoms with Crippen LogP contribution in [0.4, 0.5) is 5.69 Å². The van der Waals surface area contributed by atoms with Crippen molar-refractivity contribution in [3.8, 4) is 0 Å². The van der Waals surface area contributed by atoms with Crippen LogP contribution >= 0.6 is 11.3 Å². The first-order valence-electron chi connectivity index (χ1n) is 8.36. The normalized spacial score (nSPS) is 10.2. The molecule has 0 aliphatic carbocycles. The zero-order valence-corrected chi connectivity index (χ0v) is 15.7. The van der Waals surface area contributed by atoms with Crippen molar-refractivity contribution in [2.45, 2.75) is 20.3 Å². The third-order valence-corrected chi connectivity index (χ3v) is 4.52. The molecule has 6 nitrogen and oxygen atoms in total. The van der Waals surface area contributed by atoms with E-state index < -0.39 is 5.97 Å². The second-order valence-corrected chi connectivity index (χ2v) is 6.55. The van der Waals surface area contributed by atoms with Crippen LogP contribution in [0, 0.1) is 0 Å². The maximum Gasteiger partial charge on any atom is 0.340 e. The Balaban J connectivity index is 2.02. The molecule has 0 unspecified atom stereocenters. The van der Waals surface area contributed by atoms with E-state index in [-0.39, 0.29) is 25.0 Å². The summed E-state index contributed by atoms with van der Waals surface area (Å²) in [6.07, 6.45) is 0.317. The maximum atomic E-state index is 12.1. The lowest BCUT2D eigenvalue weighted by Gasteiger charge is -2.23. The van der Waals surface area contributed by atoms with Crippen LogP contribution < -0.4 is 10.2 Å². The first-order valence-corrected chi connectivity index (χ1v) is 9.24. The monoisotopic (exact) mass is 374 g/mol. The number of carbonyl (C=O) groups excluding carboxylic acids is 3. The van der Waals surface area contributed by atoms with Gasteiger partial charge in [0.15, 0.2) is 0 Å². The summed E-state index contributed by atoms with van der Waals surface area (Å²) in [6.45, 7) is 3.97. The number of nitrogens with zero attached hydrogens (tertiary/aromatic N) is 1. The number of rotatable bonds is 8. The molecule has 0 saturated heterocycles. The fourth-order valence-electron chi connectivity index (χ4n) is 2.48. The SMILES string of the molecule is CCOC(=O)c1ccccc1N(CCNC(=O)Cc1cccs1)C(C)=O. The molecule has 1 heterocycles. The molecule has 0 atom stereocenters. The van der Waals surface area contributed by atoms with E-state index in [1.54, 1.807) is 31.2 Å². The number of para-hydroxylation sites is 1. The van der Waals surface area contributed by atoms with Gasteiger partial charge >= 0.3 is 5.97 Å². The standard InChI is InChI=1S/C19H22N2O4S/c1-3-25-19(24)16-8-4-5-9-17(16)21(14(2)22)11-10-20-18(23)13-15-7-6-12-26-15/h4-9,12H,3,10-11,13H2,1-2H3,(H,20,23). The van der Waals surface area contributed by atoms with Crippen LogP contribution in [-0.2, 0) is 20.7 Å². The van der Waals surface area contributed by atoms with Gasteiger partial charge in [0.2, 0.25) is 11.8 Å². The average Bonchev–Trinajstić information content (AvgIpc) is 3.11. The Bertz CT molecular complexity index is 759. The van der Waals surface area contributed by atoms with Crippen molar-refractivity contribution in [3.63, 3.8) is 0 Å². The Labute approximate surface area is 156 Å². The number of benzene rings is 1. The highest BCUT2D eigenvalue weighted by molar-refractivity contribution is 7.10. The predicted molar refractivity (Wildman–Crippen MR) is 101 cm³/mol. The topological polar surface area (TPSA) is 75.7 Å². The second-order valence-electron chi connectivity index (χ2n) is 5.51. The molecule has 0 fully saturated rings. The first-order chi connectivity index (χ1) is 12.5. The van der Waals surface area contributed by atoms with Crippen LogP contribution in [0.2, 0.25) is 0 Å². The molecule has 0 aliphatic rings. The van der Waals surface area contributed by atoms with Crippen molar-refractivity contribution >= 4 is 34.8 Å². The maximum absolute atomic E-state index is 12.1. The van der Waals surface area contributed by atoms with Crippen LogP contribution in [-0.4, -0.2) is 37.5 Å². The van der Waals surface area contributed by atoms with Crippen molar-refractivity contribution in [2.75, 3.05) is 24.6 Å². The largest absolute Gasteiger partial charge is 0.462 e. The van der Waals surface area contributed by atoms with Gasteiger partial charge in [0.25, 0.3) is 0 Å². The minimum atomic E-state index is -0.476. The van der Waals surface area contributed by atoms with E-state index in [2.05, 4.69) is 5.32 Å². The number of anilines is 1. The van der Waals surface area contributed by atoms with E-state index in [9.17, 15) is 14.4 Å². The van der Waals surface area contributed by atoms with Gasteiger partial charge in [-0.15, -0.1) is 11.3 Å². The molecule has 0 aliphatic heterocycles. The Kier molecular flexibility index (Phi) is 7.35. The molecule has 7 heteroatoms. The van der Waals surface area contributed by atoms with Gasteiger partial charge in [0, 0.05) is 24.9 Å². The summed E-state index contributed by atoms with van der Waals surface area (Å²) in [5, 5.41) is 4.73. The number of amides is 2. The zero-order chi connectivity index (χ0) is 18.9. The van der Waals surface area contributed by atoms with Gasteiger partial charge in [-0.25, -0.2) is 4.79 Å². The molecule has 0 spiro atoms. The van der Waals surface area contributed by atoms with Gasteiger partial charge < -0.3 is 15.0 Å². The van der Waals surface area contributed by atoms with E-state index in [0.29, 0.717) is 24.2 Å². The van der Waals surface area contributed by atoms with Crippen molar-refractivity contribution in [2.24, 2.45) is 0 Å². The van der Waals surface area contributed by atoms with E-state index in [0.717, 1.165) is 4.88 Å². The summed E-state index contributed by atoms with van der Waals surface area (Å²) in [5.41, 5.74) is 0.806. The average molecular weight is 374 g/mol. The quantitative estimate of drug-likeness (QED) is 0.721. The molecule has 2 amide bonds. The highest BCUT2D eigenvalue weighted by Crippen LogP contribution is 2.21. The highest BCUT2D eigenvalue weighted by Gasteiger charge is 2.20. The summed E-state index contributed by atoms with van der Waals surface area (Å²) in [7, 11) is 0. The molecule has 0 saturated carbocycles. The Morgan fingerprint density at radius 1 is 1.15 bits per heavy atom. The van der Waals surface area contributed by atoms with Gasteiger partial charge in [-0.05, 0) is 30.5 Å². The lowest BCUT2D eigenvalue weighted by atomic mass is 10.1. The van der Waals surface area contributed by atoms with Crippen LogP contribution in [0.5, 0.6) is 0 Å². The molecule has 138 valence electrons. The number of carbonyl (C=O) groups is 3. The molecule has 0 bridgehead atoms. The number of hydrogen-bond donors (Lipinski definition) is 1. The third kappa shape index (κ3) is 5.42. The number of ether oxygens (including phenoxy) is 1. The van der Waals surface area contributed by atoms with Gasteiger partial charge in [-0.1, -0.05) is 18.2 Å². The lowest BCUT2D eigenvalue weighted by Crippen LogP contribution is -2.38. The van der Waals surface area contributed by atoms with E-state index >= 15 is 0 Å². The molecular formula is C19H22N2O4S. The fraction of sp³-hybridized carbons (Fsp3) is 0.316. The van der Waals surface area contributed by atoms with Gasteiger partial charge in [0.05, 0.1) is 24.3 Å². The fourth-order valence-corrected chi connectivity index (χ4v) is 3.18. The number of nitrogens with one attached hydrogen (secondary N) is 1. The Morgan fingerprint density at radius 2 is 1.92 bits per heavy atom. The van der Waals surface area contributed by atoms with Gasteiger partial charge in [0.1, 0.15) is 0 Å². The molecular weight excluding hydrogens is 352 g/mol. The third-order valence-electron chi connectivity index (χ3n) is 3.64. The van der Waals surface area contributed by atoms with E-state index in [4.69, 9.17) is 4.74 Å². The van der Waals surface area contributed by atoms with Gasteiger partial charge in [-0.2, -0.15) is 0 Å². The van der Waals surface area contributed by atoms with Crippen LogP contribution in [0.3, 0.4) is 0 Å².